The van der Waals surface area contributed by atoms with E-state index in [1.54, 1.807) is 0 Å². The van der Waals surface area contributed by atoms with Crippen molar-refractivity contribution < 1.29 is 9.84 Å². The first kappa shape index (κ1) is 20.8. The number of β-amino-alcohol motifs (C(OH)–C–C–N with tert-alkyl or cyclic N) is 1. The van der Waals surface area contributed by atoms with Gasteiger partial charge in [-0.05, 0) is 49.9 Å². The van der Waals surface area contributed by atoms with Gasteiger partial charge in [0, 0.05) is 18.6 Å². The molecular weight excluding hydrogens is 346 g/mol. The predicted molar refractivity (Wildman–Crippen MR) is 110 cm³/mol. The smallest absolute Gasteiger partial charge is 0.119 e. The molecule has 3 unspecified atom stereocenters. The Hall–Kier alpha value is -1.55. The Balaban J connectivity index is 0.00000243. The number of likely N-dealkylation sites (tertiary alicyclic amines) is 1. The Morgan fingerprint density at radius 3 is 2.15 bits per heavy atom. The third kappa shape index (κ3) is 5.47. The van der Waals surface area contributed by atoms with Crippen molar-refractivity contribution >= 4 is 12.4 Å². The van der Waals surface area contributed by atoms with Crippen molar-refractivity contribution in [2.45, 2.75) is 51.3 Å². The molecule has 0 bridgehead atoms. The molecule has 1 N–H and O–H groups in total. The number of hydrogen-bond donors (Lipinski definition) is 1. The molecular formula is C22H30ClNO2. The number of aliphatic hydroxyl groups excluding tert-OH is 1. The molecule has 0 spiro atoms. The van der Waals surface area contributed by atoms with Crippen LogP contribution in [-0.4, -0.2) is 41.3 Å². The molecule has 142 valence electrons. The molecule has 0 aromatic heterocycles. The highest BCUT2D eigenvalue weighted by Crippen LogP contribution is 2.24. The second-order valence-electron chi connectivity index (χ2n) is 7.18. The largest absolute Gasteiger partial charge is 0.491 e. The third-order valence-electron chi connectivity index (χ3n) is 5.20. The van der Waals surface area contributed by atoms with Gasteiger partial charge in [0.25, 0.3) is 0 Å². The summed E-state index contributed by atoms with van der Waals surface area (Å²) in [7, 11) is 0. The number of aliphatic hydroxyl groups is 1. The van der Waals surface area contributed by atoms with Crippen molar-refractivity contribution in [1.29, 1.82) is 0 Å². The lowest BCUT2D eigenvalue weighted by molar-refractivity contribution is 0.0209. The monoisotopic (exact) mass is 375 g/mol. The van der Waals surface area contributed by atoms with Crippen molar-refractivity contribution in [1.82, 2.24) is 4.90 Å². The maximum atomic E-state index is 10.4. The van der Waals surface area contributed by atoms with Crippen molar-refractivity contribution in [3.05, 3.63) is 54.6 Å². The molecule has 4 heteroatoms. The van der Waals surface area contributed by atoms with Crippen LogP contribution < -0.4 is 4.74 Å². The van der Waals surface area contributed by atoms with Gasteiger partial charge in [0.2, 0.25) is 0 Å². The van der Waals surface area contributed by atoms with Crippen LogP contribution in [0, 0.1) is 0 Å². The molecule has 0 saturated carbocycles. The number of piperidine rings is 1. The lowest BCUT2D eigenvalue weighted by atomic mass is 9.97. The van der Waals surface area contributed by atoms with E-state index in [4.69, 9.17) is 4.74 Å². The highest BCUT2D eigenvalue weighted by molar-refractivity contribution is 5.85. The third-order valence-corrected chi connectivity index (χ3v) is 5.20. The SMILES string of the molecule is CC1CCCC(C)N1CC(O)COc1ccc(-c2ccccc2)cc1.Cl. The van der Waals surface area contributed by atoms with E-state index in [-0.39, 0.29) is 12.4 Å². The van der Waals surface area contributed by atoms with Crippen LogP contribution in [0.15, 0.2) is 54.6 Å². The summed E-state index contributed by atoms with van der Waals surface area (Å²) < 4.78 is 5.79. The molecule has 2 aromatic rings. The van der Waals surface area contributed by atoms with Gasteiger partial charge in [-0.3, -0.25) is 4.90 Å². The summed E-state index contributed by atoms with van der Waals surface area (Å²) in [6, 6.07) is 19.5. The molecule has 1 heterocycles. The molecule has 1 fully saturated rings. The summed E-state index contributed by atoms with van der Waals surface area (Å²) in [5.74, 6) is 0.804. The Bertz CT molecular complexity index is 637. The number of ether oxygens (including phenoxy) is 1. The Kier molecular flexibility index (Phi) is 7.95. The minimum atomic E-state index is -0.461. The second-order valence-corrected chi connectivity index (χ2v) is 7.18. The molecule has 0 aliphatic carbocycles. The van der Waals surface area contributed by atoms with E-state index in [1.165, 1.54) is 30.4 Å². The molecule has 2 aromatic carbocycles. The minimum Gasteiger partial charge on any atom is -0.491 e. The van der Waals surface area contributed by atoms with Crippen LogP contribution in [0.4, 0.5) is 0 Å². The Labute approximate surface area is 163 Å². The summed E-state index contributed by atoms with van der Waals surface area (Å²) in [4.78, 5) is 2.41. The van der Waals surface area contributed by atoms with Crippen molar-refractivity contribution in [3.63, 3.8) is 0 Å². The van der Waals surface area contributed by atoms with Gasteiger partial charge in [0.05, 0.1) is 0 Å². The number of nitrogens with zero attached hydrogens (tertiary/aromatic N) is 1. The number of halogens is 1. The zero-order chi connectivity index (χ0) is 17.6. The maximum Gasteiger partial charge on any atom is 0.119 e. The Morgan fingerprint density at radius 1 is 0.962 bits per heavy atom. The molecule has 0 amide bonds. The zero-order valence-electron chi connectivity index (χ0n) is 15.7. The van der Waals surface area contributed by atoms with Crippen LogP contribution in [0.3, 0.4) is 0 Å². The van der Waals surface area contributed by atoms with Crippen LogP contribution in [-0.2, 0) is 0 Å². The summed E-state index contributed by atoms with van der Waals surface area (Å²) in [5, 5.41) is 10.4. The van der Waals surface area contributed by atoms with Gasteiger partial charge in [0.15, 0.2) is 0 Å². The number of benzene rings is 2. The van der Waals surface area contributed by atoms with Crippen LogP contribution in [0.5, 0.6) is 5.75 Å². The molecule has 1 saturated heterocycles. The topological polar surface area (TPSA) is 32.7 Å². The van der Waals surface area contributed by atoms with Crippen LogP contribution in [0.1, 0.15) is 33.1 Å². The standard InChI is InChI=1S/C22H29NO2.ClH/c1-17-7-6-8-18(2)23(17)15-21(24)16-25-22-13-11-20(12-14-22)19-9-4-3-5-10-19;/h3-5,9-14,17-18,21,24H,6-8,15-16H2,1-2H3;1H. The summed E-state index contributed by atoms with van der Waals surface area (Å²) in [6.07, 6.45) is 3.27. The van der Waals surface area contributed by atoms with Crippen molar-refractivity contribution in [3.8, 4) is 16.9 Å². The lowest BCUT2D eigenvalue weighted by Gasteiger charge is -2.40. The van der Waals surface area contributed by atoms with E-state index in [9.17, 15) is 5.11 Å². The molecule has 1 aliphatic rings. The van der Waals surface area contributed by atoms with Gasteiger partial charge < -0.3 is 9.84 Å². The normalized spacial score (nSPS) is 21.7. The first-order valence-corrected chi connectivity index (χ1v) is 9.35. The van der Waals surface area contributed by atoms with Gasteiger partial charge >= 0.3 is 0 Å². The first-order chi connectivity index (χ1) is 12.1. The van der Waals surface area contributed by atoms with Crippen molar-refractivity contribution in [2.75, 3.05) is 13.2 Å². The zero-order valence-corrected chi connectivity index (χ0v) is 16.5. The van der Waals surface area contributed by atoms with Gasteiger partial charge in [-0.15, -0.1) is 12.4 Å². The van der Waals surface area contributed by atoms with Crippen LogP contribution >= 0.6 is 12.4 Å². The lowest BCUT2D eigenvalue weighted by Crippen LogP contribution is -2.48. The summed E-state index contributed by atoms with van der Waals surface area (Å²) in [5.41, 5.74) is 2.37. The van der Waals surface area contributed by atoms with Crippen LogP contribution in [0.2, 0.25) is 0 Å². The van der Waals surface area contributed by atoms with Gasteiger partial charge in [-0.2, -0.15) is 0 Å². The summed E-state index contributed by atoms with van der Waals surface area (Å²) in [6.45, 7) is 5.53. The minimum absolute atomic E-state index is 0. The van der Waals surface area contributed by atoms with E-state index in [0.717, 1.165) is 5.75 Å². The fourth-order valence-electron chi connectivity index (χ4n) is 3.70. The summed E-state index contributed by atoms with van der Waals surface area (Å²) >= 11 is 0. The highest BCUT2D eigenvalue weighted by Gasteiger charge is 2.26. The molecule has 26 heavy (non-hydrogen) atoms. The molecule has 0 radical (unpaired) electrons. The molecule has 1 aliphatic heterocycles. The fourth-order valence-corrected chi connectivity index (χ4v) is 3.70. The van der Waals surface area contributed by atoms with E-state index < -0.39 is 6.10 Å². The van der Waals surface area contributed by atoms with Crippen LogP contribution in [0.25, 0.3) is 11.1 Å². The fraction of sp³-hybridized carbons (Fsp3) is 0.455. The van der Waals surface area contributed by atoms with Gasteiger partial charge in [0.1, 0.15) is 18.5 Å². The number of hydrogen-bond acceptors (Lipinski definition) is 3. The quantitative estimate of drug-likeness (QED) is 0.788. The van der Waals surface area contributed by atoms with Crippen molar-refractivity contribution in [2.24, 2.45) is 0 Å². The number of rotatable bonds is 6. The predicted octanol–water partition coefficient (Wildman–Crippen LogP) is 4.78. The highest BCUT2D eigenvalue weighted by atomic mass is 35.5. The average Bonchev–Trinajstić information content (AvgIpc) is 2.64. The van der Waals surface area contributed by atoms with Gasteiger partial charge in [-0.25, -0.2) is 0 Å². The van der Waals surface area contributed by atoms with E-state index in [0.29, 0.717) is 25.2 Å². The van der Waals surface area contributed by atoms with E-state index in [1.807, 2.05) is 30.3 Å². The maximum absolute atomic E-state index is 10.4. The van der Waals surface area contributed by atoms with Gasteiger partial charge in [-0.1, -0.05) is 48.9 Å². The van der Waals surface area contributed by atoms with E-state index >= 15 is 0 Å². The molecule has 3 atom stereocenters. The van der Waals surface area contributed by atoms with E-state index in [2.05, 4.69) is 43.0 Å². The average molecular weight is 376 g/mol. The second kappa shape index (κ2) is 9.96. The Morgan fingerprint density at radius 2 is 1.54 bits per heavy atom. The molecule has 3 nitrogen and oxygen atoms in total. The first-order valence-electron chi connectivity index (χ1n) is 9.35. The molecule has 3 rings (SSSR count).